The highest BCUT2D eigenvalue weighted by Gasteiger charge is 2.20. The van der Waals surface area contributed by atoms with Crippen LogP contribution in [0.1, 0.15) is 43.2 Å². The van der Waals surface area contributed by atoms with E-state index in [9.17, 15) is 4.39 Å². The van der Waals surface area contributed by atoms with Crippen molar-refractivity contribution >= 4 is 6.08 Å². The summed E-state index contributed by atoms with van der Waals surface area (Å²) in [5, 5.41) is 0. The summed E-state index contributed by atoms with van der Waals surface area (Å²) < 4.78 is 17.3. The van der Waals surface area contributed by atoms with Crippen LogP contribution in [-0.4, -0.2) is 13.7 Å². The standard InChI is InChI=1S/C18H25FO/c1-20-14-18-10-8-16(9-11-18)3-2-15-4-6-17(7-5-15)12-13-19/h4-7,12-13,16,18H,2-3,8-11,14H2,1H3/t16-,18-. The molecule has 0 radical (unpaired) electrons. The third-order valence-corrected chi connectivity index (χ3v) is 4.45. The van der Waals surface area contributed by atoms with Crippen LogP contribution in [0.25, 0.3) is 6.08 Å². The highest BCUT2D eigenvalue weighted by Crippen LogP contribution is 2.31. The minimum absolute atomic E-state index is 0.591. The maximum Gasteiger partial charge on any atom is 0.0872 e. The highest BCUT2D eigenvalue weighted by atomic mass is 19.1. The fraction of sp³-hybridized carbons (Fsp3) is 0.556. The lowest BCUT2D eigenvalue weighted by Gasteiger charge is -2.28. The summed E-state index contributed by atoms with van der Waals surface area (Å²) in [7, 11) is 1.80. The number of hydrogen-bond acceptors (Lipinski definition) is 1. The van der Waals surface area contributed by atoms with Gasteiger partial charge in [-0.3, -0.25) is 0 Å². The van der Waals surface area contributed by atoms with Crippen LogP contribution in [0, 0.1) is 11.8 Å². The molecule has 0 saturated heterocycles. The van der Waals surface area contributed by atoms with Gasteiger partial charge in [-0.25, -0.2) is 4.39 Å². The van der Waals surface area contributed by atoms with Crippen LogP contribution in [0.2, 0.25) is 0 Å². The molecule has 110 valence electrons. The summed E-state index contributed by atoms with van der Waals surface area (Å²) in [6.07, 6.45) is 9.82. The Morgan fingerprint density at radius 2 is 1.75 bits per heavy atom. The molecule has 0 aliphatic heterocycles. The smallest absolute Gasteiger partial charge is 0.0872 e. The van der Waals surface area contributed by atoms with Crippen molar-refractivity contribution in [1.82, 2.24) is 0 Å². The van der Waals surface area contributed by atoms with Crippen LogP contribution in [0.3, 0.4) is 0 Å². The largest absolute Gasteiger partial charge is 0.384 e. The van der Waals surface area contributed by atoms with Crippen molar-refractivity contribution < 1.29 is 9.13 Å². The average molecular weight is 276 g/mol. The lowest BCUT2D eigenvalue weighted by Crippen LogP contribution is -2.18. The molecule has 0 atom stereocenters. The first-order chi connectivity index (χ1) is 9.81. The molecule has 1 aromatic rings. The molecule has 1 aliphatic carbocycles. The lowest BCUT2D eigenvalue weighted by molar-refractivity contribution is 0.117. The maximum absolute atomic E-state index is 12.1. The molecule has 0 aromatic heterocycles. The lowest BCUT2D eigenvalue weighted by atomic mass is 9.80. The molecule has 0 amide bonds. The van der Waals surface area contributed by atoms with Crippen LogP contribution in [0.4, 0.5) is 4.39 Å². The first-order valence-electron chi connectivity index (χ1n) is 7.66. The molecule has 20 heavy (non-hydrogen) atoms. The SMILES string of the molecule is COC[C@H]1CC[C@H](CCc2ccc(C=CF)cc2)CC1. The second-order valence-electron chi connectivity index (χ2n) is 5.92. The van der Waals surface area contributed by atoms with Gasteiger partial charge in [0.15, 0.2) is 0 Å². The second-order valence-corrected chi connectivity index (χ2v) is 5.92. The summed E-state index contributed by atoms with van der Waals surface area (Å²) in [5.41, 5.74) is 2.29. The molecule has 1 nitrogen and oxygen atoms in total. The summed E-state index contributed by atoms with van der Waals surface area (Å²) in [6.45, 7) is 0.927. The first kappa shape index (κ1) is 15.2. The predicted molar refractivity (Wildman–Crippen MR) is 82.2 cm³/mol. The molecule has 0 spiro atoms. The maximum atomic E-state index is 12.1. The summed E-state index contributed by atoms with van der Waals surface area (Å²) in [5.74, 6) is 1.65. The van der Waals surface area contributed by atoms with E-state index in [0.29, 0.717) is 6.33 Å². The normalized spacial score (nSPS) is 23.3. The Kier molecular flexibility index (Phi) is 6.25. The van der Waals surface area contributed by atoms with Crippen molar-refractivity contribution in [3.8, 4) is 0 Å². The van der Waals surface area contributed by atoms with E-state index in [1.165, 1.54) is 43.7 Å². The zero-order chi connectivity index (χ0) is 14.2. The third kappa shape index (κ3) is 4.75. The fourth-order valence-electron chi connectivity index (χ4n) is 3.16. The van der Waals surface area contributed by atoms with Crippen LogP contribution in [-0.2, 0) is 11.2 Å². The number of aryl methyl sites for hydroxylation is 1. The third-order valence-electron chi connectivity index (χ3n) is 4.45. The summed E-state index contributed by atoms with van der Waals surface area (Å²) in [6, 6.07) is 8.21. The Labute approximate surface area is 121 Å². The van der Waals surface area contributed by atoms with E-state index in [1.807, 2.05) is 12.1 Å². The minimum Gasteiger partial charge on any atom is -0.384 e. The van der Waals surface area contributed by atoms with E-state index >= 15 is 0 Å². The molecule has 0 N–H and O–H groups in total. The van der Waals surface area contributed by atoms with Gasteiger partial charge in [-0.1, -0.05) is 37.1 Å². The van der Waals surface area contributed by atoms with Gasteiger partial charge in [-0.05, 0) is 54.7 Å². The Balaban J connectivity index is 1.73. The molecule has 0 heterocycles. The minimum atomic E-state index is 0.591. The Hall–Kier alpha value is -1.15. The molecule has 2 rings (SSSR count). The summed E-state index contributed by atoms with van der Waals surface area (Å²) in [4.78, 5) is 0. The van der Waals surface area contributed by atoms with Gasteiger partial charge in [-0.2, -0.15) is 0 Å². The van der Waals surface area contributed by atoms with Crippen LogP contribution in [0.5, 0.6) is 0 Å². The van der Waals surface area contributed by atoms with Crippen LogP contribution in [0.15, 0.2) is 30.6 Å². The highest BCUT2D eigenvalue weighted by molar-refractivity contribution is 5.48. The van der Waals surface area contributed by atoms with Gasteiger partial charge in [0.1, 0.15) is 0 Å². The fourth-order valence-corrected chi connectivity index (χ4v) is 3.16. The quantitative estimate of drug-likeness (QED) is 0.709. The molecule has 1 fully saturated rings. The molecular weight excluding hydrogens is 251 g/mol. The van der Waals surface area contributed by atoms with Crippen molar-refractivity contribution in [2.75, 3.05) is 13.7 Å². The monoisotopic (exact) mass is 276 g/mol. The molecule has 0 bridgehead atoms. The number of halogens is 1. The van der Waals surface area contributed by atoms with E-state index in [-0.39, 0.29) is 0 Å². The van der Waals surface area contributed by atoms with Gasteiger partial charge < -0.3 is 4.74 Å². The Morgan fingerprint density at radius 1 is 1.10 bits per heavy atom. The number of benzene rings is 1. The van der Waals surface area contributed by atoms with Gasteiger partial charge in [0.25, 0.3) is 0 Å². The first-order valence-corrected chi connectivity index (χ1v) is 7.66. The van der Waals surface area contributed by atoms with Crippen molar-refractivity contribution in [2.24, 2.45) is 11.8 Å². The topological polar surface area (TPSA) is 9.23 Å². The van der Waals surface area contributed by atoms with Crippen LogP contribution < -0.4 is 0 Å². The van der Waals surface area contributed by atoms with Gasteiger partial charge in [0.2, 0.25) is 0 Å². The number of rotatable bonds is 6. The van der Waals surface area contributed by atoms with Crippen molar-refractivity contribution in [3.63, 3.8) is 0 Å². The molecule has 2 heteroatoms. The van der Waals surface area contributed by atoms with Gasteiger partial charge in [-0.15, -0.1) is 0 Å². The number of methoxy groups -OCH3 is 1. The van der Waals surface area contributed by atoms with E-state index in [4.69, 9.17) is 4.74 Å². The van der Waals surface area contributed by atoms with Crippen LogP contribution >= 0.6 is 0 Å². The van der Waals surface area contributed by atoms with E-state index in [0.717, 1.165) is 30.4 Å². The van der Waals surface area contributed by atoms with E-state index < -0.39 is 0 Å². The zero-order valence-corrected chi connectivity index (χ0v) is 12.4. The zero-order valence-electron chi connectivity index (χ0n) is 12.4. The van der Waals surface area contributed by atoms with Gasteiger partial charge >= 0.3 is 0 Å². The van der Waals surface area contributed by atoms with Crippen molar-refractivity contribution in [2.45, 2.75) is 38.5 Å². The molecule has 1 aliphatic rings. The predicted octanol–water partition coefficient (Wildman–Crippen LogP) is 5.01. The van der Waals surface area contributed by atoms with E-state index in [1.54, 1.807) is 7.11 Å². The molecule has 0 unspecified atom stereocenters. The summed E-state index contributed by atoms with van der Waals surface area (Å²) >= 11 is 0. The number of ether oxygens (including phenoxy) is 1. The van der Waals surface area contributed by atoms with Gasteiger partial charge in [0.05, 0.1) is 6.33 Å². The Morgan fingerprint density at radius 3 is 2.35 bits per heavy atom. The van der Waals surface area contributed by atoms with E-state index in [2.05, 4.69) is 12.1 Å². The second kappa shape index (κ2) is 8.21. The van der Waals surface area contributed by atoms with Gasteiger partial charge in [0, 0.05) is 13.7 Å². The van der Waals surface area contributed by atoms with Crippen molar-refractivity contribution in [3.05, 3.63) is 41.7 Å². The number of hydrogen-bond donors (Lipinski definition) is 0. The molecule has 1 aromatic carbocycles. The average Bonchev–Trinajstić information content (AvgIpc) is 2.49. The van der Waals surface area contributed by atoms with Crippen molar-refractivity contribution in [1.29, 1.82) is 0 Å². The Bertz CT molecular complexity index is 402. The molecule has 1 saturated carbocycles. The molecular formula is C18H25FO.